The lowest BCUT2D eigenvalue weighted by Crippen LogP contribution is -2.24. The number of carbonyl (C=O) groups is 1. The van der Waals surface area contributed by atoms with Crippen LogP contribution in [0.3, 0.4) is 0 Å². The normalized spacial score (nSPS) is 20.6. The SMILES string of the molecule is COc1ccc(C2c3cc(O)ccc3C(c3ccc4c(c3)OCO4)C2C(=O)O)c(OC)c1. The summed E-state index contributed by atoms with van der Waals surface area (Å²) in [5.41, 5.74) is 3.12. The van der Waals surface area contributed by atoms with Crippen LogP contribution in [0.15, 0.2) is 54.6 Å². The van der Waals surface area contributed by atoms with E-state index in [4.69, 9.17) is 18.9 Å². The highest BCUT2D eigenvalue weighted by Gasteiger charge is 2.47. The fourth-order valence-corrected chi connectivity index (χ4v) is 4.91. The molecule has 0 spiro atoms. The fraction of sp³-hybridized carbons (Fsp3) is 0.240. The van der Waals surface area contributed by atoms with Crippen LogP contribution >= 0.6 is 0 Å². The van der Waals surface area contributed by atoms with E-state index in [2.05, 4.69) is 0 Å². The molecule has 3 aromatic rings. The van der Waals surface area contributed by atoms with Crippen LogP contribution in [0.25, 0.3) is 0 Å². The van der Waals surface area contributed by atoms with E-state index >= 15 is 0 Å². The largest absolute Gasteiger partial charge is 0.508 e. The van der Waals surface area contributed by atoms with E-state index in [-0.39, 0.29) is 12.5 Å². The molecular formula is C25H22O7. The first-order valence-corrected chi connectivity index (χ1v) is 10.2. The summed E-state index contributed by atoms with van der Waals surface area (Å²) in [6, 6.07) is 15.9. The number of phenolic OH excluding ortho intramolecular Hbond substituents is 1. The lowest BCUT2D eigenvalue weighted by atomic mass is 9.79. The predicted octanol–water partition coefficient (Wildman–Crippen LogP) is 4.12. The molecule has 3 atom stereocenters. The van der Waals surface area contributed by atoms with Gasteiger partial charge in [0, 0.05) is 23.5 Å². The third kappa shape index (κ3) is 3.09. The summed E-state index contributed by atoms with van der Waals surface area (Å²) in [7, 11) is 3.11. The van der Waals surface area contributed by atoms with Gasteiger partial charge in [-0.2, -0.15) is 0 Å². The topological polar surface area (TPSA) is 94.5 Å². The van der Waals surface area contributed by atoms with Gasteiger partial charge in [-0.3, -0.25) is 4.79 Å². The minimum absolute atomic E-state index is 0.0803. The summed E-state index contributed by atoms with van der Waals surface area (Å²) < 4.78 is 21.9. The molecule has 2 N–H and O–H groups in total. The van der Waals surface area contributed by atoms with Gasteiger partial charge in [-0.25, -0.2) is 0 Å². The molecule has 0 saturated carbocycles. The molecule has 1 aliphatic carbocycles. The average molecular weight is 434 g/mol. The number of phenols is 1. The quantitative estimate of drug-likeness (QED) is 0.624. The number of aromatic hydroxyl groups is 1. The lowest BCUT2D eigenvalue weighted by molar-refractivity contribution is -0.142. The van der Waals surface area contributed by atoms with E-state index in [1.807, 2.05) is 18.2 Å². The molecule has 1 aliphatic heterocycles. The number of carboxylic acids is 1. The number of ether oxygens (including phenoxy) is 4. The van der Waals surface area contributed by atoms with Gasteiger partial charge in [0.2, 0.25) is 6.79 Å². The van der Waals surface area contributed by atoms with Crippen molar-refractivity contribution in [3.8, 4) is 28.7 Å². The number of hydrogen-bond donors (Lipinski definition) is 2. The Morgan fingerprint density at radius 1 is 0.875 bits per heavy atom. The van der Waals surface area contributed by atoms with Crippen molar-refractivity contribution in [1.29, 1.82) is 0 Å². The Labute approximate surface area is 184 Å². The number of carboxylic acid groups (broad SMARTS) is 1. The summed E-state index contributed by atoms with van der Waals surface area (Å²) in [6.45, 7) is 0.141. The Kier molecular flexibility index (Phi) is 4.81. The monoisotopic (exact) mass is 434 g/mol. The number of aliphatic carboxylic acids is 1. The standard InChI is InChI=1S/C25H22O7/c1-29-15-5-7-17(20(11-15)30-2)23-18-10-14(26)4-6-16(18)22(24(23)25(27)28)13-3-8-19-21(9-13)32-12-31-19/h3-11,22-24,26H,12H2,1-2H3,(H,27,28). The van der Waals surface area contributed by atoms with Crippen LogP contribution in [-0.2, 0) is 4.79 Å². The highest BCUT2D eigenvalue weighted by atomic mass is 16.7. The Bertz CT molecular complexity index is 1200. The van der Waals surface area contributed by atoms with Crippen molar-refractivity contribution in [1.82, 2.24) is 0 Å². The van der Waals surface area contributed by atoms with Crippen molar-refractivity contribution in [3.05, 3.63) is 76.9 Å². The second-order valence-corrected chi connectivity index (χ2v) is 7.85. The van der Waals surface area contributed by atoms with Crippen molar-refractivity contribution >= 4 is 5.97 Å². The van der Waals surface area contributed by atoms with Gasteiger partial charge in [-0.05, 0) is 47.0 Å². The fourth-order valence-electron chi connectivity index (χ4n) is 4.91. The summed E-state index contributed by atoms with van der Waals surface area (Å²) in [6.07, 6.45) is 0. The molecule has 0 bridgehead atoms. The van der Waals surface area contributed by atoms with Gasteiger partial charge in [-0.1, -0.05) is 18.2 Å². The zero-order valence-corrected chi connectivity index (χ0v) is 17.6. The molecule has 0 aromatic heterocycles. The summed E-state index contributed by atoms with van der Waals surface area (Å²) in [5.74, 6) is -0.298. The summed E-state index contributed by atoms with van der Waals surface area (Å²) >= 11 is 0. The molecule has 0 fully saturated rings. The van der Waals surface area contributed by atoms with E-state index in [1.54, 1.807) is 50.6 Å². The van der Waals surface area contributed by atoms with Gasteiger partial charge in [-0.15, -0.1) is 0 Å². The van der Waals surface area contributed by atoms with Gasteiger partial charge in [0.1, 0.15) is 17.2 Å². The van der Waals surface area contributed by atoms with Gasteiger partial charge in [0.15, 0.2) is 11.5 Å². The van der Waals surface area contributed by atoms with E-state index in [0.29, 0.717) is 23.0 Å². The molecular weight excluding hydrogens is 412 g/mol. The maximum atomic E-state index is 12.7. The van der Waals surface area contributed by atoms with Crippen LogP contribution < -0.4 is 18.9 Å². The van der Waals surface area contributed by atoms with Gasteiger partial charge >= 0.3 is 5.97 Å². The van der Waals surface area contributed by atoms with E-state index < -0.39 is 23.7 Å². The zero-order chi connectivity index (χ0) is 22.4. The first kappa shape index (κ1) is 20.1. The Morgan fingerprint density at radius 2 is 1.66 bits per heavy atom. The molecule has 0 amide bonds. The number of fused-ring (bicyclic) bond motifs is 2. The minimum Gasteiger partial charge on any atom is -0.508 e. The third-order valence-electron chi connectivity index (χ3n) is 6.28. The number of methoxy groups -OCH3 is 2. The van der Waals surface area contributed by atoms with Gasteiger partial charge in [0.05, 0.1) is 20.1 Å². The van der Waals surface area contributed by atoms with Crippen molar-refractivity contribution in [3.63, 3.8) is 0 Å². The average Bonchev–Trinajstić information content (AvgIpc) is 3.40. The molecule has 7 heteroatoms. The molecule has 0 radical (unpaired) electrons. The molecule has 3 unspecified atom stereocenters. The molecule has 2 aliphatic rings. The van der Waals surface area contributed by atoms with E-state index in [1.165, 1.54) is 0 Å². The molecule has 164 valence electrons. The highest BCUT2D eigenvalue weighted by Crippen LogP contribution is 2.55. The van der Waals surface area contributed by atoms with Crippen LogP contribution in [0.4, 0.5) is 0 Å². The second kappa shape index (κ2) is 7.67. The molecule has 0 saturated heterocycles. The van der Waals surface area contributed by atoms with Crippen LogP contribution in [-0.4, -0.2) is 37.2 Å². The van der Waals surface area contributed by atoms with Crippen molar-refractivity contribution in [2.24, 2.45) is 5.92 Å². The Hall–Kier alpha value is -3.87. The van der Waals surface area contributed by atoms with E-state index in [9.17, 15) is 15.0 Å². The molecule has 5 rings (SSSR count). The molecule has 32 heavy (non-hydrogen) atoms. The maximum absolute atomic E-state index is 12.7. The number of hydrogen-bond acceptors (Lipinski definition) is 6. The molecule has 3 aromatic carbocycles. The Balaban J connectivity index is 1.72. The zero-order valence-electron chi connectivity index (χ0n) is 17.6. The second-order valence-electron chi connectivity index (χ2n) is 7.85. The van der Waals surface area contributed by atoms with Crippen molar-refractivity contribution in [2.75, 3.05) is 21.0 Å². The van der Waals surface area contributed by atoms with Crippen LogP contribution in [0.1, 0.15) is 34.1 Å². The van der Waals surface area contributed by atoms with Crippen LogP contribution in [0.2, 0.25) is 0 Å². The van der Waals surface area contributed by atoms with E-state index in [0.717, 1.165) is 22.3 Å². The maximum Gasteiger partial charge on any atom is 0.308 e. The first-order chi connectivity index (χ1) is 15.5. The lowest BCUT2D eigenvalue weighted by Gasteiger charge is -2.24. The smallest absolute Gasteiger partial charge is 0.308 e. The van der Waals surface area contributed by atoms with Gasteiger partial charge in [0.25, 0.3) is 0 Å². The predicted molar refractivity (Wildman–Crippen MR) is 115 cm³/mol. The minimum atomic E-state index is -0.939. The molecule has 1 heterocycles. The van der Waals surface area contributed by atoms with Crippen molar-refractivity contribution < 1.29 is 34.0 Å². The van der Waals surface area contributed by atoms with Crippen LogP contribution in [0, 0.1) is 5.92 Å². The van der Waals surface area contributed by atoms with Crippen molar-refractivity contribution in [2.45, 2.75) is 11.8 Å². The number of benzene rings is 3. The number of rotatable bonds is 5. The molecule has 7 nitrogen and oxygen atoms in total. The Morgan fingerprint density at radius 3 is 2.41 bits per heavy atom. The van der Waals surface area contributed by atoms with Crippen LogP contribution in [0.5, 0.6) is 28.7 Å². The van der Waals surface area contributed by atoms with Gasteiger partial charge < -0.3 is 29.2 Å². The third-order valence-corrected chi connectivity index (χ3v) is 6.28. The highest BCUT2D eigenvalue weighted by molar-refractivity contribution is 5.78. The first-order valence-electron chi connectivity index (χ1n) is 10.2. The summed E-state index contributed by atoms with van der Waals surface area (Å²) in [5, 5.41) is 20.6. The summed E-state index contributed by atoms with van der Waals surface area (Å²) in [4.78, 5) is 12.7.